The van der Waals surface area contributed by atoms with Gasteiger partial charge in [-0.3, -0.25) is 4.79 Å². The van der Waals surface area contributed by atoms with Gasteiger partial charge in [-0.1, -0.05) is 17.6 Å². The number of carbonyl (C=O) groups is 1. The van der Waals surface area contributed by atoms with Crippen LogP contribution in [0.25, 0.3) is 11.0 Å². The number of methoxy groups -OCH3 is 2. The number of hydrogen-bond acceptors (Lipinski definition) is 12. The number of nitrogen functional groups attached to an aromatic ring is 1. The molecule has 0 unspecified atom stereocenters. The Morgan fingerprint density at radius 2 is 1.95 bits per heavy atom. The fraction of sp³-hybridized carbons (Fsp3) is 0.333. The topological polar surface area (TPSA) is 151 Å². The normalized spacial score (nSPS) is 16.7. The van der Waals surface area contributed by atoms with Gasteiger partial charge in [0, 0.05) is 18.2 Å². The molecule has 0 aliphatic carbocycles. The molecule has 0 radical (unpaired) electrons. The first-order chi connectivity index (χ1) is 19.3. The Morgan fingerprint density at radius 3 is 2.62 bits per heavy atom. The summed E-state index contributed by atoms with van der Waals surface area (Å²) in [6.07, 6.45) is 3.10. The number of benzene rings is 1. The summed E-state index contributed by atoms with van der Waals surface area (Å²) in [6, 6.07) is 4.78. The van der Waals surface area contributed by atoms with E-state index in [0.717, 1.165) is 0 Å². The zero-order valence-electron chi connectivity index (χ0n) is 22.7. The summed E-state index contributed by atoms with van der Waals surface area (Å²) >= 11 is 0. The van der Waals surface area contributed by atoms with E-state index >= 15 is 0 Å². The minimum absolute atomic E-state index is 0.160. The molecule has 4 heterocycles. The van der Waals surface area contributed by atoms with Gasteiger partial charge in [0.05, 0.1) is 38.2 Å². The van der Waals surface area contributed by atoms with Crippen molar-refractivity contribution in [2.45, 2.75) is 25.0 Å². The number of ketones is 1. The number of fused-ring (bicyclic) bond motifs is 1. The predicted molar refractivity (Wildman–Crippen MR) is 147 cm³/mol. The van der Waals surface area contributed by atoms with Crippen LogP contribution in [0.5, 0.6) is 11.5 Å². The maximum Gasteiger partial charge on any atom is 0.318 e. The highest BCUT2D eigenvalue weighted by atomic mass is 16.5. The second kappa shape index (κ2) is 11.0. The summed E-state index contributed by atoms with van der Waals surface area (Å²) < 4.78 is 18.3. The maximum absolute atomic E-state index is 12.9. The monoisotopic (exact) mass is 543 g/mol. The Labute approximate surface area is 230 Å². The van der Waals surface area contributed by atoms with E-state index in [0.29, 0.717) is 59.2 Å². The standard InChI is InChI=1S/C27H29N9O4/c1-6-22(37)21-11-17(13-35(21)27-32-31-23(40-27)14-34(2)3)36-26-24(25(28)29-15-30-26)20(33-36)8-7-16-9-18(38-4)12-19(10-16)39-5/h6,9-10,12,15,17,21H,1,11,13-14H2,2-5H3,(H2,28,29,30)/t17-,21-/m0/s1. The Hall–Kier alpha value is -4.96. The number of hydrogen-bond donors (Lipinski definition) is 1. The van der Waals surface area contributed by atoms with Crippen LogP contribution in [0.1, 0.15) is 29.6 Å². The molecule has 0 amide bonds. The Morgan fingerprint density at radius 1 is 1.20 bits per heavy atom. The number of ether oxygens (including phenoxy) is 2. The summed E-state index contributed by atoms with van der Waals surface area (Å²) in [5, 5.41) is 13.6. The lowest BCUT2D eigenvalue weighted by atomic mass is 10.1. The van der Waals surface area contributed by atoms with E-state index in [1.165, 1.54) is 12.4 Å². The van der Waals surface area contributed by atoms with Gasteiger partial charge in [-0.05, 0) is 44.6 Å². The number of anilines is 2. The van der Waals surface area contributed by atoms with Crippen LogP contribution in [0.2, 0.25) is 0 Å². The molecular formula is C27H29N9O4. The highest BCUT2D eigenvalue weighted by Crippen LogP contribution is 2.34. The average Bonchev–Trinajstić information content (AvgIpc) is 3.68. The minimum atomic E-state index is -0.563. The number of nitrogens with two attached hydrogens (primary N) is 1. The Balaban J connectivity index is 1.53. The second-order valence-electron chi connectivity index (χ2n) is 9.48. The summed E-state index contributed by atoms with van der Waals surface area (Å²) in [4.78, 5) is 25.2. The lowest BCUT2D eigenvalue weighted by Crippen LogP contribution is -2.35. The number of nitrogens with zero attached hydrogens (tertiary/aromatic N) is 8. The van der Waals surface area contributed by atoms with Crippen LogP contribution >= 0.6 is 0 Å². The molecule has 1 fully saturated rings. The van der Waals surface area contributed by atoms with Crippen molar-refractivity contribution in [3.05, 3.63) is 54.3 Å². The molecule has 1 saturated heterocycles. The first-order valence-electron chi connectivity index (χ1n) is 12.4. The van der Waals surface area contributed by atoms with E-state index in [1.807, 2.05) is 19.0 Å². The molecular weight excluding hydrogens is 514 g/mol. The van der Waals surface area contributed by atoms with Crippen LogP contribution in [-0.2, 0) is 11.3 Å². The van der Waals surface area contributed by atoms with Crippen molar-refractivity contribution < 1.29 is 18.7 Å². The fourth-order valence-corrected chi connectivity index (χ4v) is 4.65. The van der Waals surface area contributed by atoms with Gasteiger partial charge in [0.25, 0.3) is 0 Å². The highest BCUT2D eigenvalue weighted by Gasteiger charge is 2.40. The summed E-state index contributed by atoms with van der Waals surface area (Å²) in [5.74, 6) is 7.98. The van der Waals surface area contributed by atoms with Crippen molar-refractivity contribution in [1.82, 2.24) is 34.8 Å². The van der Waals surface area contributed by atoms with Crippen LogP contribution in [0.4, 0.5) is 11.8 Å². The van der Waals surface area contributed by atoms with E-state index in [-0.39, 0.29) is 23.7 Å². The zero-order valence-corrected chi connectivity index (χ0v) is 22.7. The molecule has 40 heavy (non-hydrogen) atoms. The lowest BCUT2D eigenvalue weighted by molar-refractivity contribution is -0.115. The lowest BCUT2D eigenvalue weighted by Gasteiger charge is -2.19. The molecule has 5 rings (SSSR count). The third-order valence-corrected chi connectivity index (χ3v) is 6.50. The molecule has 2 atom stereocenters. The van der Waals surface area contributed by atoms with Gasteiger partial charge in [0.1, 0.15) is 29.3 Å². The van der Waals surface area contributed by atoms with Gasteiger partial charge in [-0.25, -0.2) is 14.6 Å². The van der Waals surface area contributed by atoms with Crippen molar-refractivity contribution in [3.8, 4) is 23.3 Å². The van der Waals surface area contributed by atoms with Crippen molar-refractivity contribution in [1.29, 1.82) is 0 Å². The molecule has 13 nitrogen and oxygen atoms in total. The van der Waals surface area contributed by atoms with E-state index in [1.54, 1.807) is 42.0 Å². The van der Waals surface area contributed by atoms with Crippen LogP contribution in [-0.4, -0.2) is 81.5 Å². The molecule has 4 aromatic rings. The third-order valence-electron chi connectivity index (χ3n) is 6.50. The SMILES string of the molecule is C=CC(=O)[C@@H]1C[C@H](n2nc(C#Cc3cc(OC)cc(OC)c3)c3c(N)ncnc32)CN1c1nnc(CN(C)C)o1. The van der Waals surface area contributed by atoms with E-state index in [4.69, 9.17) is 24.7 Å². The Kier molecular flexibility index (Phi) is 7.35. The molecule has 13 heteroatoms. The smallest absolute Gasteiger partial charge is 0.318 e. The van der Waals surface area contributed by atoms with Crippen LogP contribution in [0, 0.1) is 11.8 Å². The quantitative estimate of drug-likeness (QED) is 0.255. The molecule has 0 bridgehead atoms. The first kappa shape index (κ1) is 26.6. The minimum Gasteiger partial charge on any atom is -0.497 e. The first-order valence-corrected chi connectivity index (χ1v) is 12.4. The van der Waals surface area contributed by atoms with Gasteiger partial charge >= 0.3 is 6.01 Å². The number of carbonyl (C=O) groups excluding carboxylic acids is 1. The number of rotatable bonds is 8. The molecule has 2 N–H and O–H groups in total. The van der Waals surface area contributed by atoms with Crippen molar-refractivity contribution >= 4 is 28.6 Å². The van der Waals surface area contributed by atoms with Crippen molar-refractivity contribution in [2.24, 2.45) is 0 Å². The maximum atomic E-state index is 12.9. The molecule has 1 aliphatic rings. The molecule has 3 aromatic heterocycles. The van der Waals surface area contributed by atoms with Crippen molar-refractivity contribution in [2.75, 3.05) is 45.5 Å². The second-order valence-corrected chi connectivity index (χ2v) is 9.48. The molecule has 206 valence electrons. The highest BCUT2D eigenvalue weighted by molar-refractivity contribution is 5.96. The van der Waals surface area contributed by atoms with Crippen molar-refractivity contribution in [3.63, 3.8) is 0 Å². The summed E-state index contributed by atoms with van der Waals surface area (Å²) in [7, 11) is 6.96. The molecule has 1 aliphatic heterocycles. The molecule has 1 aromatic carbocycles. The Bertz CT molecular complexity index is 1610. The van der Waals surface area contributed by atoms with Crippen LogP contribution in [0.15, 0.2) is 41.6 Å². The predicted octanol–water partition coefficient (Wildman–Crippen LogP) is 1.85. The van der Waals surface area contributed by atoms with E-state index in [2.05, 4.69) is 38.6 Å². The van der Waals surface area contributed by atoms with Gasteiger partial charge in [0.2, 0.25) is 5.89 Å². The van der Waals surface area contributed by atoms with Gasteiger partial charge in [0.15, 0.2) is 11.4 Å². The van der Waals surface area contributed by atoms with Gasteiger partial charge in [-0.15, -0.1) is 5.10 Å². The third kappa shape index (κ3) is 5.16. The van der Waals surface area contributed by atoms with Crippen LogP contribution < -0.4 is 20.1 Å². The molecule has 0 spiro atoms. The fourth-order valence-electron chi connectivity index (χ4n) is 4.65. The van der Waals surface area contributed by atoms with Crippen LogP contribution in [0.3, 0.4) is 0 Å². The van der Waals surface area contributed by atoms with E-state index in [9.17, 15) is 4.79 Å². The van der Waals surface area contributed by atoms with Gasteiger partial charge < -0.3 is 29.4 Å². The van der Waals surface area contributed by atoms with Gasteiger partial charge in [-0.2, -0.15) is 5.10 Å². The van der Waals surface area contributed by atoms with E-state index < -0.39 is 6.04 Å². The summed E-state index contributed by atoms with van der Waals surface area (Å²) in [6.45, 7) is 4.52. The summed E-state index contributed by atoms with van der Waals surface area (Å²) in [5.41, 5.74) is 7.85. The zero-order chi connectivity index (χ0) is 28.4. The average molecular weight is 544 g/mol. The largest absolute Gasteiger partial charge is 0.497 e. The number of aromatic nitrogens is 6. The molecule has 0 saturated carbocycles.